The number of benzene rings is 1. The van der Waals surface area contributed by atoms with E-state index in [0.29, 0.717) is 10.7 Å². The molecule has 0 fully saturated rings. The van der Waals surface area contributed by atoms with Gasteiger partial charge in [-0.1, -0.05) is 17.4 Å². The van der Waals surface area contributed by atoms with Crippen molar-refractivity contribution in [3.05, 3.63) is 70.1 Å². The van der Waals surface area contributed by atoms with Crippen LogP contribution in [0.2, 0.25) is 0 Å². The Hall–Kier alpha value is -3.14. The molecular formula is C19H21F2N7S. The minimum absolute atomic E-state index is 0.00706. The van der Waals surface area contributed by atoms with E-state index in [1.165, 1.54) is 35.7 Å². The third kappa shape index (κ3) is 5.02. The van der Waals surface area contributed by atoms with E-state index in [9.17, 15) is 8.78 Å². The number of hydrogen-bond acceptors (Lipinski definition) is 6. The lowest BCUT2D eigenvalue weighted by Crippen LogP contribution is -2.12. The van der Waals surface area contributed by atoms with Gasteiger partial charge in [-0.2, -0.15) is 5.10 Å². The molecule has 1 aromatic carbocycles. The monoisotopic (exact) mass is 417 g/mol. The van der Waals surface area contributed by atoms with Crippen LogP contribution in [0.15, 0.2) is 41.7 Å². The Morgan fingerprint density at radius 2 is 2.10 bits per heavy atom. The molecule has 1 unspecified atom stereocenters. The fraction of sp³-hybridized carbons (Fsp3) is 0.263. The lowest BCUT2D eigenvalue weighted by Gasteiger charge is -2.07. The fourth-order valence-electron chi connectivity index (χ4n) is 2.53. The standard InChI is InChI=1S/C19H21F2N7S/c1-11-4-5-15(20)14(17(11)21)10-23-8-6-16(22)24-19-26-25-18(29-19)13(3)28-9-7-12(2)27-28/h4-9,13,23H,10H2,1-3H3,(H2,22,24,26)/b8-6-. The molecule has 0 saturated heterocycles. The van der Waals surface area contributed by atoms with Crippen LogP contribution in [0.25, 0.3) is 0 Å². The zero-order chi connectivity index (χ0) is 21.0. The Kier molecular flexibility index (Phi) is 6.32. The first-order chi connectivity index (χ1) is 13.8. The summed E-state index contributed by atoms with van der Waals surface area (Å²) >= 11 is 1.31. The summed E-state index contributed by atoms with van der Waals surface area (Å²) in [5.41, 5.74) is 7.15. The molecule has 7 nitrogen and oxygen atoms in total. The molecule has 2 heterocycles. The van der Waals surface area contributed by atoms with Crippen molar-refractivity contribution in [1.29, 1.82) is 0 Å². The van der Waals surface area contributed by atoms with E-state index in [0.717, 1.165) is 10.7 Å². The number of hydrogen-bond donors (Lipinski definition) is 2. The summed E-state index contributed by atoms with van der Waals surface area (Å²) in [4.78, 5) is 4.19. The Labute approximate surface area is 171 Å². The van der Waals surface area contributed by atoms with Gasteiger partial charge in [0.1, 0.15) is 28.5 Å². The van der Waals surface area contributed by atoms with Gasteiger partial charge in [0, 0.05) is 24.5 Å². The molecule has 29 heavy (non-hydrogen) atoms. The summed E-state index contributed by atoms with van der Waals surface area (Å²) in [5.74, 6) is -0.970. The maximum absolute atomic E-state index is 14.0. The number of aromatic nitrogens is 4. The number of rotatable bonds is 7. The number of halogens is 2. The molecule has 0 aliphatic heterocycles. The van der Waals surface area contributed by atoms with E-state index >= 15 is 0 Å². The molecule has 1 atom stereocenters. The largest absolute Gasteiger partial charge is 0.386 e. The van der Waals surface area contributed by atoms with Crippen molar-refractivity contribution in [2.24, 2.45) is 10.7 Å². The van der Waals surface area contributed by atoms with E-state index in [1.54, 1.807) is 11.6 Å². The van der Waals surface area contributed by atoms with E-state index in [-0.39, 0.29) is 24.0 Å². The van der Waals surface area contributed by atoms with Gasteiger partial charge in [0.05, 0.1) is 5.69 Å². The average Bonchev–Trinajstić information content (AvgIpc) is 3.33. The predicted octanol–water partition coefficient (Wildman–Crippen LogP) is 3.53. The second-order valence-corrected chi connectivity index (χ2v) is 7.43. The van der Waals surface area contributed by atoms with Gasteiger partial charge in [0.15, 0.2) is 0 Å². The SMILES string of the molecule is Cc1ccn(C(C)c2nnc(/N=C(N)\C=C/NCc3c(F)ccc(C)c3F)s2)n1. The molecule has 3 aromatic rings. The van der Waals surface area contributed by atoms with Crippen molar-refractivity contribution in [3.63, 3.8) is 0 Å². The van der Waals surface area contributed by atoms with Gasteiger partial charge in [0.2, 0.25) is 5.13 Å². The first kappa shape index (κ1) is 20.6. The van der Waals surface area contributed by atoms with Crippen LogP contribution in [0.1, 0.15) is 34.8 Å². The third-order valence-electron chi connectivity index (χ3n) is 4.18. The summed E-state index contributed by atoms with van der Waals surface area (Å²) in [5, 5.41) is 16.5. The van der Waals surface area contributed by atoms with E-state index in [2.05, 4.69) is 25.6 Å². The van der Waals surface area contributed by atoms with E-state index < -0.39 is 11.6 Å². The van der Waals surface area contributed by atoms with Crippen molar-refractivity contribution < 1.29 is 8.78 Å². The zero-order valence-corrected chi connectivity index (χ0v) is 17.0. The Bertz CT molecular complexity index is 1050. The van der Waals surface area contributed by atoms with Crippen molar-refractivity contribution >= 4 is 22.3 Å². The van der Waals surface area contributed by atoms with Crippen LogP contribution in [0.4, 0.5) is 13.9 Å². The third-order valence-corrected chi connectivity index (χ3v) is 5.17. The molecule has 152 valence electrons. The molecule has 0 aliphatic rings. The number of amidine groups is 1. The smallest absolute Gasteiger partial charge is 0.233 e. The predicted molar refractivity (Wildman–Crippen MR) is 109 cm³/mol. The lowest BCUT2D eigenvalue weighted by atomic mass is 10.1. The second kappa shape index (κ2) is 8.91. The number of nitrogens with two attached hydrogens (primary N) is 1. The summed E-state index contributed by atoms with van der Waals surface area (Å²) in [6.07, 6.45) is 4.86. The second-order valence-electron chi connectivity index (χ2n) is 6.44. The van der Waals surface area contributed by atoms with Gasteiger partial charge in [0.25, 0.3) is 0 Å². The Balaban J connectivity index is 1.60. The summed E-state index contributed by atoms with van der Waals surface area (Å²) in [6, 6.07) is 4.50. The van der Waals surface area contributed by atoms with Gasteiger partial charge in [-0.25, -0.2) is 13.8 Å². The van der Waals surface area contributed by atoms with Crippen LogP contribution in [-0.4, -0.2) is 25.8 Å². The minimum Gasteiger partial charge on any atom is -0.386 e. The maximum Gasteiger partial charge on any atom is 0.233 e. The molecule has 10 heteroatoms. The van der Waals surface area contributed by atoms with Crippen LogP contribution in [0.3, 0.4) is 0 Å². The molecule has 3 N–H and O–H groups in total. The minimum atomic E-state index is -0.599. The van der Waals surface area contributed by atoms with Crippen LogP contribution in [0.5, 0.6) is 0 Å². The van der Waals surface area contributed by atoms with E-state index in [1.807, 2.05) is 26.1 Å². The molecule has 2 aromatic heterocycles. The fourth-order valence-corrected chi connectivity index (χ4v) is 3.31. The normalized spacial score (nSPS) is 13.2. The topological polar surface area (TPSA) is 94.0 Å². The molecule has 0 amide bonds. The molecule has 0 spiro atoms. The summed E-state index contributed by atoms with van der Waals surface area (Å²) in [7, 11) is 0. The molecule has 3 rings (SSSR count). The first-order valence-electron chi connectivity index (χ1n) is 8.88. The number of nitrogens with zero attached hydrogens (tertiary/aromatic N) is 5. The van der Waals surface area contributed by atoms with Gasteiger partial charge < -0.3 is 11.1 Å². The van der Waals surface area contributed by atoms with Crippen molar-refractivity contribution in [3.8, 4) is 0 Å². The molecular weight excluding hydrogens is 396 g/mol. The van der Waals surface area contributed by atoms with Gasteiger partial charge in [-0.05, 0) is 44.5 Å². The van der Waals surface area contributed by atoms with Crippen molar-refractivity contribution in [2.75, 3.05) is 0 Å². The van der Waals surface area contributed by atoms with Crippen LogP contribution < -0.4 is 11.1 Å². The highest BCUT2D eigenvalue weighted by atomic mass is 32.1. The first-order valence-corrected chi connectivity index (χ1v) is 9.69. The molecule has 0 bridgehead atoms. The van der Waals surface area contributed by atoms with Gasteiger partial charge in [-0.3, -0.25) is 4.68 Å². The number of aliphatic imine (C=N–C) groups is 1. The molecule has 0 saturated carbocycles. The summed E-state index contributed by atoms with van der Waals surface area (Å²) < 4.78 is 29.5. The average molecular weight is 417 g/mol. The van der Waals surface area contributed by atoms with Gasteiger partial charge in [-0.15, -0.1) is 10.2 Å². The Morgan fingerprint density at radius 1 is 1.31 bits per heavy atom. The van der Waals surface area contributed by atoms with Crippen LogP contribution in [0, 0.1) is 25.5 Å². The number of aryl methyl sites for hydroxylation is 2. The highest BCUT2D eigenvalue weighted by Gasteiger charge is 2.14. The van der Waals surface area contributed by atoms with Gasteiger partial charge >= 0.3 is 0 Å². The highest BCUT2D eigenvalue weighted by molar-refractivity contribution is 7.15. The zero-order valence-electron chi connectivity index (χ0n) is 16.2. The molecule has 0 radical (unpaired) electrons. The lowest BCUT2D eigenvalue weighted by molar-refractivity contribution is 0.543. The Morgan fingerprint density at radius 3 is 2.83 bits per heavy atom. The van der Waals surface area contributed by atoms with Crippen LogP contribution >= 0.6 is 11.3 Å². The highest BCUT2D eigenvalue weighted by Crippen LogP contribution is 2.26. The maximum atomic E-state index is 14.0. The number of nitrogens with one attached hydrogen (secondary N) is 1. The van der Waals surface area contributed by atoms with Crippen molar-refractivity contribution in [2.45, 2.75) is 33.4 Å². The van der Waals surface area contributed by atoms with Crippen LogP contribution in [-0.2, 0) is 6.54 Å². The quantitative estimate of drug-likeness (QED) is 0.453. The summed E-state index contributed by atoms with van der Waals surface area (Å²) in [6.45, 7) is 5.47. The molecule has 0 aliphatic carbocycles. The van der Waals surface area contributed by atoms with E-state index in [4.69, 9.17) is 5.73 Å². The van der Waals surface area contributed by atoms with Crippen molar-refractivity contribution in [1.82, 2.24) is 25.3 Å².